The van der Waals surface area contributed by atoms with Gasteiger partial charge in [-0.2, -0.15) is 13.2 Å². The Labute approximate surface area is 110 Å². The van der Waals surface area contributed by atoms with Crippen molar-refractivity contribution in [3.05, 3.63) is 33.8 Å². The molecule has 0 amide bonds. The third kappa shape index (κ3) is 4.04. The van der Waals surface area contributed by atoms with Crippen LogP contribution in [-0.2, 0) is 4.79 Å². The van der Waals surface area contributed by atoms with E-state index in [1.54, 1.807) is 0 Å². The first-order valence-corrected chi connectivity index (χ1v) is 5.45. The smallest absolute Gasteiger partial charge is 0.401 e. The fraction of sp³-hybridized carbons (Fsp3) is 0.300. The van der Waals surface area contributed by atoms with Crippen molar-refractivity contribution in [1.29, 1.82) is 0 Å². The van der Waals surface area contributed by atoms with Gasteiger partial charge in [-0.1, -0.05) is 29.3 Å². The van der Waals surface area contributed by atoms with E-state index in [9.17, 15) is 18.0 Å². The van der Waals surface area contributed by atoms with Crippen LogP contribution >= 0.6 is 23.2 Å². The summed E-state index contributed by atoms with van der Waals surface area (Å²) >= 11 is 11.5. The zero-order valence-corrected chi connectivity index (χ0v) is 10.3. The number of benzene rings is 1. The van der Waals surface area contributed by atoms with Gasteiger partial charge >= 0.3 is 12.1 Å². The average molecular weight is 302 g/mol. The van der Waals surface area contributed by atoms with E-state index >= 15 is 0 Å². The lowest BCUT2D eigenvalue weighted by molar-refractivity contribution is -0.143. The van der Waals surface area contributed by atoms with Crippen LogP contribution in [0.2, 0.25) is 10.0 Å². The van der Waals surface area contributed by atoms with E-state index in [-0.39, 0.29) is 15.6 Å². The monoisotopic (exact) mass is 301 g/mol. The molecule has 1 atom stereocenters. The highest BCUT2D eigenvalue weighted by Crippen LogP contribution is 2.31. The van der Waals surface area contributed by atoms with Crippen molar-refractivity contribution < 1.29 is 23.1 Å². The minimum absolute atomic E-state index is 0.00965. The molecule has 18 heavy (non-hydrogen) atoms. The summed E-state index contributed by atoms with van der Waals surface area (Å²) < 4.78 is 36.2. The summed E-state index contributed by atoms with van der Waals surface area (Å²) in [6, 6.07) is 2.56. The molecule has 0 fully saturated rings. The van der Waals surface area contributed by atoms with Crippen LogP contribution in [0, 0.1) is 0 Å². The standard InChI is InChI=1S/C10H8Cl2F3NO2/c11-5-2-1-3-6(12)7(5)8(9(17)18)16-4-10(13,14)15/h1-3,8,16H,4H2,(H,17,18). The Morgan fingerprint density at radius 1 is 1.33 bits per heavy atom. The molecule has 1 unspecified atom stereocenters. The Morgan fingerprint density at radius 2 is 1.83 bits per heavy atom. The predicted octanol–water partition coefficient (Wildman–Crippen LogP) is 3.27. The number of aliphatic carboxylic acids is 1. The van der Waals surface area contributed by atoms with Crippen LogP contribution in [0.15, 0.2) is 18.2 Å². The predicted molar refractivity (Wildman–Crippen MR) is 60.9 cm³/mol. The summed E-state index contributed by atoms with van der Waals surface area (Å²) in [6.45, 7) is -1.45. The topological polar surface area (TPSA) is 49.3 Å². The Kier molecular flexibility index (Phi) is 4.84. The average Bonchev–Trinajstić information content (AvgIpc) is 2.20. The molecule has 1 aromatic carbocycles. The van der Waals surface area contributed by atoms with Gasteiger partial charge in [0.2, 0.25) is 0 Å². The molecular weight excluding hydrogens is 294 g/mol. The second-order valence-electron chi connectivity index (χ2n) is 3.40. The second kappa shape index (κ2) is 5.77. The first kappa shape index (κ1) is 15.1. The molecule has 0 aliphatic heterocycles. The van der Waals surface area contributed by atoms with Crippen LogP contribution in [0.25, 0.3) is 0 Å². The van der Waals surface area contributed by atoms with E-state index in [2.05, 4.69) is 0 Å². The molecule has 0 aromatic heterocycles. The zero-order chi connectivity index (χ0) is 13.9. The van der Waals surface area contributed by atoms with Crippen LogP contribution in [-0.4, -0.2) is 23.8 Å². The zero-order valence-electron chi connectivity index (χ0n) is 8.76. The molecular formula is C10H8Cl2F3NO2. The van der Waals surface area contributed by atoms with Crippen LogP contribution < -0.4 is 5.32 Å². The molecule has 2 N–H and O–H groups in total. The van der Waals surface area contributed by atoms with E-state index in [0.717, 1.165) is 0 Å². The highest BCUT2D eigenvalue weighted by atomic mass is 35.5. The van der Waals surface area contributed by atoms with Gasteiger partial charge in [-0.3, -0.25) is 10.1 Å². The molecule has 0 saturated heterocycles. The van der Waals surface area contributed by atoms with Gasteiger partial charge in [0.15, 0.2) is 0 Å². The number of carboxylic acid groups (broad SMARTS) is 1. The van der Waals surface area contributed by atoms with Crippen LogP contribution in [0.1, 0.15) is 11.6 Å². The molecule has 3 nitrogen and oxygen atoms in total. The maximum Gasteiger partial charge on any atom is 0.401 e. The van der Waals surface area contributed by atoms with Crippen LogP contribution in [0.5, 0.6) is 0 Å². The van der Waals surface area contributed by atoms with Gasteiger partial charge in [0.05, 0.1) is 6.54 Å². The van der Waals surface area contributed by atoms with E-state index in [1.807, 2.05) is 5.32 Å². The van der Waals surface area contributed by atoms with Gasteiger partial charge in [0.25, 0.3) is 0 Å². The lowest BCUT2D eigenvalue weighted by Gasteiger charge is -2.18. The van der Waals surface area contributed by atoms with Crippen molar-refractivity contribution in [2.75, 3.05) is 6.54 Å². The van der Waals surface area contributed by atoms with E-state index in [1.165, 1.54) is 18.2 Å². The third-order valence-corrected chi connectivity index (χ3v) is 2.70. The molecule has 0 bridgehead atoms. The largest absolute Gasteiger partial charge is 0.480 e. The van der Waals surface area contributed by atoms with Crippen molar-refractivity contribution in [1.82, 2.24) is 5.32 Å². The van der Waals surface area contributed by atoms with Gasteiger partial charge in [0.1, 0.15) is 6.04 Å². The molecule has 1 aromatic rings. The summed E-state index contributed by atoms with van der Waals surface area (Å²) in [4.78, 5) is 11.0. The van der Waals surface area contributed by atoms with Crippen LogP contribution in [0.4, 0.5) is 13.2 Å². The third-order valence-electron chi connectivity index (χ3n) is 2.04. The summed E-state index contributed by atoms with van der Waals surface area (Å²) in [7, 11) is 0. The summed E-state index contributed by atoms with van der Waals surface area (Å²) in [6.07, 6.45) is -4.53. The number of hydrogen-bond donors (Lipinski definition) is 2. The van der Waals surface area contributed by atoms with Gasteiger partial charge in [-0.15, -0.1) is 0 Å². The molecule has 100 valence electrons. The highest BCUT2D eigenvalue weighted by Gasteiger charge is 2.32. The van der Waals surface area contributed by atoms with E-state index in [4.69, 9.17) is 28.3 Å². The van der Waals surface area contributed by atoms with Gasteiger partial charge in [-0.25, -0.2) is 0 Å². The first-order valence-electron chi connectivity index (χ1n) is 4.69. The van der Waals surface area contributed by atoms with E-state index in [0.29, 0.717) is 0 Å². The second-order valence-corrected chi connectivity index (χ2v) is 4.22. The number of carbonyl (C=O) groups is 1. The van der Waals surface area contributed by atoms with Crippen molar-refractivity contribution in [2.45, 2.75) is 12.2 Å². The number of rotatable bonds is 4. The number of carboxylic acids is 1. The number of nitrogens with one attached hydrogen (secondary N) is 1. The minimum Gasteiger partial charge on any atom is -0.480 e. The highest BCUT2D eigenvalue weighted by molar-refractivity contribution is 6.36. The maximum absolute atomic E-state index is 12.1. The van der Waals surface area contributed by atoms with Crippen molar-refractivity contribution >= 4 is 29.2 Å². The molecule has 0 aliphatic carbocycles. The molecule has 0 heterocycles. The lowest BCUT2D eigenvalue weighted by Crippen LogP contribution is -2.36. The number of halogens is 5. The van der Waals surface area contributed by atoms with Gasteiger partial charge in [-0.05, 0) is 12.1 Å². The van der Waals surface area contributed by atoms with Crippen molar-refractivity contribution in [2.24, 2.45) is 0 Å². The van der Waals surface area contributed by atoms with Gasteiger partial charge in [0, 0.05) is 15.6 Å². The fourth-order valence-electron chi connectivity index (χ4n) is 1.32. The molecule has 1 rings (SSSR count). The number of hydrogen-bond acceptors (Lipinski definition) is 2. The summed E-state index contributed by atoms with van der Waals surface area (Å²) in [5.41, 5.74) is -0.0856. The van der Waals surface area contributed by atoms with E-state index < -0.39 is 24.7 Å². The molecule has 8 heteroatoms. The lowest BCUT2D eigenvalue weighted by atomic mass is 10.1. The number of alkyl halides is 3. The normalized spacial score (nSPS) is 13.4. The molecule has 0 spiro atoms. The quantitative estimate of drug-likeness (QED) is 0.897. The Bertz CT molecular complexity index is 431. The Hall–Kier alpha value is -0.980. The SMILES string of the molecule is O=C(O)C(NCC(F)(F)F)c1c(Cl)cccc1Cl. The molecule has 0 aliphatic rings. The summed E-state index contributed by atoms with van der Waals surface area (Å²) in [5, 5.41) is 10.8. The van der Waals surface area contributed by atoms with Crippen LogP contribution in [0.3, 0.4) is 0 Å². The molecule has 0 saturated carbocycles. The Morgan fingerprint density at radius 3 is 2.22 bits per heavy atom. The van der Waals surface area contributed by atoms with Gasteiger partial charge < -0.3 is 5.11 Å². The minimum atomic E-state index is -4.53. The summed E-state index contributed by atoms with van der Waals surface area (Å²) in [5.74, 6) is -1.49. The maximum atomic E-state index is 12.1. The molecule has 0 radical (unpaired) electrons. The fourth-order valence-corrected chi connectivity index (χ4v) is 1.93. The first-order chi connectivity index (χ1) is 8.22. The Balaban J connectivity index is 3.02. The van der Waals surface area contributed by atoms with Crippen molar-refractivity contribution in [3.63, 3.8) is 0 Å². The van der Waals surface area contributed by atoms with Crippen molar-refractivity contribution in [3.8, 4) is 0 Å².